The van der Waals surface area contributed by atoms with E-state index in [1.54, 1.807) is 12.1 Å². The molecule has 0 bridgehead atoms. The number of nitro groups is 1. The molecular formula is C8H11ClN2O2. The topological polar surface area (TPSA) is 69.2 Å². The van der Waals surface area contributed by atoms with Crippen LogP contribution in [-0.4, -0.2) is 4.92 Å². The maximum absolute atomic E-state index is 10.3. The third-order valence-corrected chi connectivity index (χ3v) is 1.63. The van der Waals surface area contributed by atoms with Crippen molar-refractivity contribution in [1.29, 1.82) is 0 Å². The van der Waals surface area contributed by atoms with Crippen molar-refractivity contribution in [3.63, 3.8) is 0 Å². The predicted molar refractivity (Wildman–Crippen MR) is 52.9 cm³/mol. The molecule has 0 aromatic heterocycles. The van der Waals surface area contributed by atoms with Crippen LogP contribution in [0.15, 0.2) is 24.3 Å². The minimum Gasteiger partial charge on any atom is -0.324 e. The molecule has 1 aromatic carbocycles. The highest BCUT2D eigenvalue weighted by Gasteiger charge is 2.05. The summed E-state index contributed by atoms with van der Waals surface area (Å²) in [5.41, 5.74) is 6.57. The molecule has 0 heterocycles. The van der Waals surface area contributed by atoms with E-state index < -0.39 is 4.92 Å². The SMILES string of the molecule is C[C@@H](N)c1ccc([N+](=O)[O-])cc1.Cl. The Kier molecular flexibility index (Phi) is 4.37. The average molecular weight is 203 g/mol. The molecule has 1 rings (SSSR count). The zero-order chi connectivity index (χ0) is 9.14. The maximum atomic E-state index is 10.3. The van der Waals surface area contributed by atoms with E-state index in [4.69, 9.17) is 5.73 Å². The summed E-state index contributed by atoms with van der Waals surface area (Å²) < 4.78 is 0. The molecule has 0 aliphatic carbocycles. The van der Waals surface area contributed by atoms with Gasteiger partial charge in [-0.05, 0) is 12.5 Å². The minimum absolute atomic E-state index is 0. The number of non-ortho nitro benzene ring substituents is 1. The molecule has 2 N–H and O–H groups in total. The van der Waals surface area contributed by atoms with Gasteiger partial charge in [0.05, 0.1) is 4.92 Å². The number of hydrogen-bond acceptors (Lipinski definition) is 3. The van der Waals surface area contributed by atoms with Gasteiger partial charge in [0.1, 0.15) is 0 Å². The van der Waals surface area contributed by atoms with Crippen molar-refractivity contribution in [3.8, 4) is 0 Å². The van der Waals surface area contributed by atoms with Crippen LogP contribution < -0.4 is 5.73 Å². The Bertz CT molecular complexity index is 285. The van der Waals surface area contributed by atoms with E-state index in [0.717, 1.165) is 5.56 Å². The largest absolute Gasteiger partial charge is 0.324 e. The molecule has 5 heteroatoms. The lowest BCUT2D eigenvalue weighted by atomic mass is 10.1. The molecule has 72 valence electrons. The summed E-state index contributed by atoms with van der Waals surface area (Å²) in [4.78, 5) is 9.83. The van der Waals surface area contributed by atoms with Gasteiger partial charge in [-0.15, -0.1) is 12.4 Å². The zero-order valence-electron chi connectivity index (χ0n) is 7.14. The van der Waals surface area contributed by atoms with Crippen molar-refractivity contribution in [2.45, 2.75) is 13.0 Å². The fourth-order valence-electron chi connectivity index (χ4n) is 0.900. The fourth-order valence-corrected chi connectivity index (χ4v) is 0.900. The normalized spacial score (nSPS) is 11.5. The predicted octanol–water partition coefficient (Wildman–Crippen LogP) is 2.04. The van der Waals surface area contributed by atoms with Crippen LogP contribution >= 0.6 is 12.4 Å². The first-order valence-corrected chi connectivity index (χ1v) is 3.61. The summed E-state index contributed by atoms with van der Waals surface area (Å²) in [7, 11) is 0. The van der Waals surface area contributed by atoms with Crippen molar-refractivity contribution in [1.82, 2.24) is 0 Å². The number of benzene rings is 1. The van der Waals surface area contributed by atoms with Crippen LogP contribution in [0.2, 0.25) is 0 Å². The lowest BCUT2D eigenvalue weighted by Gasteiger charge is -2.03. The van der Waals surface area contributed by atoms with Crippen LogP contribution in [0.25, 0.3) is 0 Å². The van der Waals surface area contributed by atoms with E-state index >= 15 is 0 Å². The molecule has 1 aromatic rings. The highest BCUT2D eigenvalue weighted by molar-refractivity contribution is 5.85. The summed E-state index contributed by atoms with van der Waals surface area (Å²) in [6.45, 7) is 1.83. The molecule has 0 aliphatic rings. The van der Waals surface area contributed by atoms with E-state index in [-0.39, 0.29) is 24.1 Å². The van der Waals surface area contributed by atoms with E-state index in [0.29, 0.717) is 0 Å². The highest BCUT2D eigenvalue weighted by Crippen LogP contribution is 2.15. The zero-order valence-corrected chi connectivity index (χ0v) is 7.95. The summed E-state index contributed by atoms with van der Waals surface area (Å²) in [6, 6.07) is 6.18. The average Bonchev–Trinajstić information content (AvgIpc) is 2.04. The van der Waals surface area contributed by atoms with E-state index in [1.807, 2.05) is 6.92 Å². The number of nitro benzene ring substituents is 1. The van der Waals surface area contributed by atoms with Crippen molar-refractivity contribution in [3.05, 3.63) is 39.9 Å². The van der Waals surface area contributed by atoms with Gasteiger partial charge >= 0.3 is 0 Å². The van der Waals surface area contributed by atoms with E-state index in [1.165, 1.54) is 12.1 Å². The molecule has 0 unspecified atom stereocenters. The Morgan fingerprint density at radius 1 is 1.38 bits per heavy atom. The fraction of sp³-hybridized carbons (Fsp3) is 0.250. The number of halogens is 1. The van der Waals surface area contributed by atoms with Crippen LogP contribution in [0, 0.1) is 10.1 Å². The second-order valence-corrected chi connectivity index (χ2v) is 2.64. The standard InChI is InChI=1S/C8H10N2O2.ClH/c1-6(9)7-2-4-8(5-3-7)10(11)12;/h2-6H,9H2,1H3;1H/t6-;/m1./s1. The van der Waals surface area contributed by atoms with Gasteiger partial charge in [-0.1, -0.05) is 12.1 Å². The van der Waals surface area contributed by atoms with Gasteiger partial charge in [0.25, 0.3) is 5.69 Å². The molecule has 1 atom stereocenters. The van der Waals surface area contributed by atoms with Gasteiger partial charge in [0, 0.05) is 18.2 Å². The molecule has 0 spiro atoms. The molecule has 13 heavy (non-hydrogen) atoms. The summed E-state index contributed by atoms with van der Waals surface area (Å²) >= 11 is 0. The van der Waals surface area contributed by atoms with E-state index in [2.05, 4.69) is 0 Å². The number of hydrogen-bond donors (Lipinski definition) is 1. The molecule has 0 amide bonds. The third-order valence-electron chi connectivity index (χ3n) is 1.63. The second kappa shape index (κ2) is 4.79. The van der Waals surface area contributed by atoms with Crippen LogP contribution in [0.1, 0.15) is 18.5 Å². The Labute approximate surface area is 82.3 Å². The van der Waals surface area contributed by atoms with Crippen molar-refractivity contribution < 1.29 is 4.92 Å². The van der Waals surface area contributed by atoms with Crippen molar-refractivity contribution >= 4 is 18.1 Å². The molecule has 4 nitrogen and oxygen atoms in total. The lowest BCUT2D eigenvalue weighted by molar-refractivity contribution is -0.384. The lowest BCUT2D eigenvalue weighted by Crippen LogP contribution is -2.04. The number of rotatable bonds is 2. The quantitative estimate of drug-likeness (QED) is 0.589. The van der Waals surface area contributed by atoms with Crippen molar-refractivity contribution in [2.75, 3.05) is 0 Å². The summed E-state index contributed by atoms with van der Waals surface area (Å²) in [6.07, 6.45) is 0. The highest BCUT2D eigenvalue weighted by atomic mass is 35.5. The Morgan fingerprint density at radius 2 is 1.85 bits per heavy atom. The Balaban J connectivity index is 0.00000144. The van der Waals surface area contributed by atoms with Gasteiger partial charge in [-0.25, -0.2) is 0 Å². The first kappa shape index (κ1) is 11.9. The van der Waals surface area contributed by atoms with Gasteiger partial charge in [0.2, 0.25) is 0 Å². The smallest absolute Gasteiger partial charge is 0.269 e. The van der Waals surface area contributed by atoms with Gasteiger partial charge < -0.3 is 5.73 Å². The molecule has 0 saturated heterocycles. The molecule has 0 fully saturated rings. The molecule has 0 radical (unpaired) electrons. The van der Waals surface area contributed by atoms with Crippen LogP contribution in [0.3, 0.4) is 0 Å². The van der Waals surface area contributed by atoms with Gasteiger partial charge in [-0.3, -0.25) is 10.1 Å². The Hall–Kier alpha value is -1.13. The Morgan fingerprint density at radius 3 is 2.15 bits per heavy atom. The van der Waals surface area contributed by atoms with Crippen LogP contribution in [-0.2, 0) is 0 Å². The molecular weight excluding hydrogens is 192 g/mol. The van der Waals surface area contributed by atoms with Crippen LogP contribution in [0.5, 0.6) is 0 Å². The summed E-state index contributed by atoms with van der Waals surface area (Å²) in [5.74, 6) is 0. The van der Waals surface area contributed by atoms with Gasteiger partial charge in [-0.2, -0.15) is 0 Å². The third kappa shape index (κ3) is 3.01. The molecule has 0 saturated carbocycles. The molecule has 0 aliphatic heterocycles. The monoisotopic (exact) mass is 202 g/mol. The first-order valence-electron chi connectivity index (χ1n) is 3.61. The first-order chi connectivity index (χ1) is 5.61. The minimum atomic E-state index is -0.426. The van der Waals surface area contributed by atoms with Crippen LogP contribution in [0.4, 0.5) is 5.69 Å². The van der Waals surface area contributed by atoms with E-state index in [9.17, 15) is 10.1 Å². The second-order valence-electron chi connectivity index (χ2n) is 2.64. The summed E-state index contributed by atoms with van der Waals surface area (Å²) in [5, 5.41) is 10.3. The maximum Gasteiger partial charge on any atom is 0.269 e. The van der Waals surface area contributed by atoms with Crippen molar-refractivity contribution in [2.24, 2.45) is 5.73 Å². The number of nitrogens with zero attached hydrogens (tertiary/aromatic N) is 1. The number of nitrogens with two attached hydrogens (primary N) is 1. The van der Waals surface area contributed by atoms with Gasteiger partial charge in [0.15, 0.2) is 0 Å².